The summed E-state index contributed by atoms with van der Waals surface area (Å²) in [5.41, 5.74) is 0.743. The molecule has 0 spiro atoms. The first-order valence-electron chi connectivity index (χ1n) is 2.93. The highest BCUT2D eigenvalue weighted by Gasteiger charge is 1.98. The molecule has 0 amide bonds. The quantitative estimate of drug-likeness (QED) is 0.510. The van der Waals surface area contributed by atoms with Crippen molar-refractivity contribution >= 4 is 5.78 Å². The molecule has 0 radical (unpaired) electrons. The fraction of sp³-hybridized carbons (Fsp3) is 0.571. The lowest BCUT2D eigenvalue weighted by Crippen LogP contribution is -1.96. The molecule has 0 aromatic heterocycles. The van der Waals surface area contributed by atoms with Crippen molar-refractivity contribution in [3.63, 3.8) is 0 Å². The predicted octanol–water partition coefficient (Wildman–Crippen LogP) is 1.93. The molecule has 0 unspecified atom stereocenters. The lowest BCUT2D eigenvalue weighted by Gasteiger charge is -1.94. The van der Waals surface area contributed by atoms with Crippen LogP contribution >= 0.6 is 0 Å². The van der Waals surface area contributed by atoms with Gasteiger partial charge in [-0.3, -0.25) is 4.79 Å². The summed E-state index contributed by atoms with van der Waals surface area (Å²) in [6.45, 7) is 7.39. The van der Waals surface area contributed by atoms with E-state index in [0.717, 1.165) is 12.0 Å². The SMILES string of the molecule is C=C(CC)C(=O)CC. The predicted molar refractivity (Wildman–Crippen MR) is 34.7 cm³/mol. The minimum absolute atomic E-state index is 0.188. The summed E-state index contributed by atoms with van der Waals surface area (Å²) in [5.74, 6) is 0.188. The molecule has 46 valence electrons. The highest BCUT2D eigenvalue weighted by atomic mass is 16.1. The molecule has 0 aromatic carbocycles. The maximum atomic E-state index is 10.6. The zero-order valence-electron chi connectivity index (χ0n) is 5.53. The van der Waals surface area contributed by atoms with Gasteiger partial charge >= 0.3 is 0 Å². The van der Waals surface area contributed by atoms with Crippen LogP contribution in [0.25, 0.3) is 0 Å². The van der Waals surface area contributed by atoms with E-state index in [1.165, 1.54) is 0 Å². The largest absolute Gasteiger partial charge is 0.295 e. The van der Waals surface area contributed by atoms with Crippen LogP contribution in [-0.4, -0.2) is 5.78 Å². The number of hydrogen-bond donors (Lipinski definition) is 0. The van der Waals surface area contributed by atoms with E-state index in [1.54, 1.807) is 0 Å². The van der Waals surface area contributed by atoms with Crippen LogP contribution in [-0.2, 0) is 4.79 Å². The fourth-order valence-electron chi connectivity index (χ4n) is 0.447. The Balaban J connectivity index is 3.64. The van der Waals surface area contributed by atoms with Gasteiger partial charge in [0.25, 0.3) is 0 Å². The molecule has 0 aliphatic heterocycles. The average molecular weight is 112 g/mol. The lowest BCUT2D eigenvalue weighted by atomic mass is 10.1. The third-order valence-electron chi connectivity index (χ3n) is 1.14. The second kappa shape index (κ2) is 3.42. The average Bonchev–Trinajstić information content (AvgIpc) is 1.84. The van der Waals surface area contributed by atoms with E-state index in [1.807, 2.05) is 13.8 Å². The van der Waals surface area contributed by atoms with Crippen LogP contribution in [0.4, 0.5) is 0 Å². The number of carbonyl (C=O) groups is 1. The lowest BCUT2D eigenvalue weighted by molar-refractivity contribution is -0.115. The van der Waals surface area contributed by atoms with Gasteiger partial charge in [-0.05, 0) is 12.0 Å². The number of ketones is 1. The number of rotatable bonds is 3. The van der Waals surface area contributed by atoms with Gasteiger partial charge in [0.15, 0.2) is 5.78 Å². The Morgan fingerprint density at radius 1 is 1.38 bits per heavy atom. The van der Waals surface area contributed by atoms with Crippen LogP contribution in [0.5, 0.6) is 0 Å². The van der Waals surface area contributed by atoms with Crippen LogP contribution in [0.1, 0.15) is 26.7 Å². The molecule has 0 saturated heterocycles. The van der Waals surface area contributed by atoms with Crippen molar-refractivity contribution in [3.05, 3.63) is 12.2 Å². The Morgan fingerprint density at radius 3 is 2.00 bits per heavy atom. The van der Waals surface area contributed by atoms with Gasteiger partial charge in [0.1, 0.15) is 0 Å². The molecule has 0 N–H and O–H groups in total. The first kappa shape index (κ1) is 7.41. The molecule has 1 heteroatoms. The maximum absolute atomic E-state index is 10.6. The minimum Gasteiger partial charge on any atom is -0.295 e. The van der Waals surface area contributed by atoms with Crippen molar-refractivity contribution in [2.45, 2.75) is 26.7 Å². The Hall–Kier alpha value is -0.590. The Bertz CT molecular complexity index is 89.0. The zero-order valence-corrected chi connectivity index (χ0v) is 5.53. The minimum atomic E-state index is 0.188. The van der Waals surface area contributed by atoms with E-state index in [0.29, 0.717) is 6.42 Å². The van der Waals surface area contributed by atoms with Crippen molar-refractivity contribution in [2.24, 2.45) is 0 Å². The molecule has 0 fully saturated rings. The second-order valence-corrected chi connectivity index (χ2v) is 1.73. The van der Waals surface area contributed by atoms with E-state index in [2.05, 4.69) is 6.58 Å². The van der Waals surface area contributed by atoms with E-state index in [9.17, 15) is 4.79 Å². The summed E-state index contributed by atoms with van der Waals surface area (Å²) >= 11 is 0. The fourth-order valence-corrected chi connectivity index (χ4v) is 0.447. The standard InChI is InChI=1S/C7H12O/c1-4-6(3)7(8)5-2/h3-5H2,1-2H3. The maximum Gasteiger partial charge on any atom is 0.157 e. The van der Waals surface area contributed by atoms with E-state index in [-0.39, 0.29) is 5.78 Å². The zero-order chi connectivity index (χ0) is 6.57. The molecule has 0 aliphatic rings. The summed E-state index contributed by atoms with van der Waals surface area (Å²) in [6.07, 6.45) is 1.37. The van der Waals surface area contributed by atoms with Gasteiger partial charge in [-0.25, -0.2) is 0 Å². The molecule has 1 nitrogen and oxygen atoms in total. The van der Waals surface area contributed by atoms with Crippen LogP contribution < -0.4 is 0 Å². The van der Waals surface area contributed by atoms with Gasteiger partial charge in [-0.1, -0.05) is 20.4 Å². The molecule has 0 atom stereocenters. The van der Waals surface area contributed by atoms with Crippen LogP contribution in [0, 0.1) is 0 Å². The van der Waals surface area contributed by atoms with Gasteiger partial charge in [-0.15, -0.1) is 0 Å². The molecule has 0 bridgehead atoms. The molecule has 0 rings (SSSR count). The van der Waals surface area contributed by atoms with Gasteiger partial charge in [-0.2, -0.15) is 0 Å². The van der Waals surface area contributed by atoms with Gasteiger partial charge < -0.3 is 0 Å². The summed E-state index contributed by atoms with van der Waals surface area (Å²) in [7, 11) is 0. The Morgan fingerprint density at radius 2 is 1.88 bits per heavy atom. The van der Waals surface area contributed by atoms with Gasteiger partial charge in [0.05, 0.1) is 0 Å². The highest BCUT2D eigenvalue weighted by molar-refractivity contribution is 5.94. The topological polar surface area (TPSA) is 17.1 Å². The number of allylic oxidation sites excluding steroid dienone is 1. The number of Topliss-reactive ketones (excluding diaryl/α,β-unsaturated/α-hetero) is 1. The monoisotopic (exact) mass is 112 g/mol. The third kappa shape index (κ3) is 1.92. The first-order valence-corrected chi connectivity index (χ1v) is 2.93. The molecule has 0 saturated carbocycles. The molecule has 0 aromatic rings. The third-order valence-corrected chi connectivity index (χ3v) is 1.14. The summed E-state index contributed by atoms with van der Waals surface area (Å²) in [4.78, 5) is 10.6. The normalized spacial score (nSPS) is 8.75. The molecule has 0 aliphatic carbocycles. The van der Waals surface area contributed by atoms with Crippen molar-refractivity contribution in [2.75, 3.05) is 0 Å². The van der Waals surface area contributed by atoms with Crippen LogP contribution in [0.2, 0.25) is 0 Å². The molecular formula is C7H12O. The van der Waals surface area contributed by atoms with Crippen molar-refractivity contribution in [3.8, 4) is 0 Å². The summed E-state index contributed by atoms with van der Waals surface area (Å²) in [6, 6.07) is 0. The van der Waals surface area contributed by atoms with E-state index < -0.39 is 0 Å². The molecule has 0 heterocycles. The number of hydrogen-bond acceptors (Lipinski definition) is 1. The van der Waals surface area contributed by atoms with Crippen molar-refractivity contribution in [1.82, 2.24) is 0 Å². The van der Waals surface area contributed by atoms with Crippen LogP contribution in [0.3, 0.4) is 0 Å². The van der Waals surface area contributed by atoms with Gasteiger partial charge in [0, 0.05) is 6.42 Å². The first-order chi connectivity index (χ1) is 3.72. The van der Waals surface area contributed by atoms with E-state index >= 15 is 0 Å². The summed E-state index contributed by atoms with van der Waals surface area (Å²) in [5, 5.41) is 0. The second-order valence-electron chi connectivity index (χ2n) is 1.73. The summed E-state index contributed by atoms with van der Waals surface area (Å²) < 4.78 is 0. The highest BCUT2D eigenvalue weighted by Crippen LogP contribution is 1.99. The number of carbonyl (C=O) groups excluding carboxylic acids is 1. The van der Waals surface area contributed by atoms with Crippen molar-refractivity contribution in [1.29, 1.82) is 0 Å². The van der Waals surface area contributed by atoms with Crippen molar-refractivity contribution < 1.29 is 4.79 Å². The Labute approximate surface area is 50.4 Å². The smallest absolute Gasteiger partial charge is 0.157 e. The molecular weight excluding hydrogens is 100 g/mol. The van der Waals surface area contributed by atoms with E-state index in [4.69, 9.17) is 0 Å². The van der Waals surface area contributed by atoms with Gasteiger partial charge in [0.2, 0.25) is 0 Å². The Kier molecular flexibility index (Phi) is 3.16. The van der Waals surface area contributed by atoms with Crippen LogP contribution in [0.15, 0.2) is 12.2 Å². The molecule has 8 heavy (non-hydrogen) atoms.